The Bertz CT molecular complexity index is 907. The van der Waals surface area contributed by atoms with Gasteiger partial charge in [-0.1, -0.05) is 17.7 Å². The molecule has 2 rings (SSSR count). The van der Waals surface area contributed by atoms with Crippen molar-refractivity contribution in [3.05, 3.63) is 59.7 Å². The number of hydrogen-bond acceptors (Lipinski definition) is 5. The first-order chi connectivity index (χ1) is 13.3. The van der Waals surface area contributed by atoms with Gasteiger partial charge in [0.1, 0.15) is 0 Å². The molecule has 150 valence electrons. The second-order valence-corrected chi connectivity index (χ2v) is 7.93. The molecule has 0 aliphatic rings. The third-order valence-corrected chi connectivity index (χ3v) is 5.36. The number of hydrogen-bond donors (Lipinski definition) is 2. The number of carbonyl (C=O) groups is 2. The summed E-state index contributed by atoms with van der Waals surface area (Å²) in [6.45, 7) is 4.03. The number of aryl methyl sites for hydroxylation is 1. The molecule has 0 fully saturated rings. The summed E-state index contributed by atoms with van der Waals surface area (Å²) in [7, 11) is -3.71. The van der Waals surface area contributed by atoms with E-state index in [1.54, 1.807) is 6.92 Å². The lowest BCUT2D eigenvalue weighted by Gasteiger charge is -2.08. The van der Waals surface area contributed by atoms with E-state index in [9.17, 15) is 18.0 Å². The minimum atomic E-state index is -3.71. The average molecular weight is 404 g/mol. The van der Waals surface area contributed by atoms with Crippen molar-refractivity contribution in [3.8, 4) is 0 Å². The maximum atomic E-state index is 12.3. The summed E-state index contributed by atoms with van der Waals surface area (Å²) < 4.78 is 31.9. The molecule has 28 heavy (non-hydrogen) atoms. The van der Waals surface area contributed by atoms with Crippen molar-refractivity contribution in [1.82, 2.24) is 4.72 Å². The molecule has 0 unspecified atom stereocenters. The van der Waals surface area contributed by atoms with Crippen molar-refractivity contribution in [2.24, 2.45) is 0 Å². The highest BCUT2D eigenvalue weighted by molar-refractivity contribution is 7.89. The molecule has 8 heteroatoms. The molecule has 0 aliphatic heterocycles. The normalized spacial score (nSPS) is 11.1. The highest BCUT2D eigenvalue weighted by atomic mass is 32.2. The van der Waals surface area contributed by atoms with Crippen molar-refractivity contribution >= 4 is 27.6 Å². The van der Waals surface area contributed by atoms with Crippen molar-refractivity contribution < 1.29 is 22.7 Å². The number of carbonyl (C=O) groups excluding carboxylic acids is 2. The monoisotopic (exact) mass is 404 g/mol. The van der Waals surface area contributed by atoms with Crippen molar-refractivity contribution in [1.29, 1.82) is 0 Å². The number of esters is 1. The van der Waals surface area contributed by atoms with Crippen LogP contribution < -0.4 is 10.0 Å². The third kappa shape index (κ3) is 6.47. The first kappa shape index (κ1) is 21.6. The quantitative estimate of drug-likeness (QED) is 0.494. The molecule has 1 amide bonds. The predicted octanol–water partition coefficient (Wildman–Crippen LogP) is 2.87. The first-order valence-electron chi connectivity index (χ1n) is 8.95. The summed E-state index contributed by atoms with van der Waals surface area (Å²) >= 11 is 0. The van der Waals surface area contributed by atoms with Gasteiger partial charge in [-0.05, 0) is 56.7 Å². The Morgan fingerprint density at radius 3 is 2.25 bits per heavy atom. The van der Waals surface area contributed by atoms with E-state index in [2.05, 4.69) is 10.0 Å². The minimum Gasteiger partial charge on any atom is -0.462 e. The van der Waals surface area contributed by atoms with Crippen LogP contribution in [-0.2, 0) is 19.6 Å². The van der Waals surface area contributed by atoms with E-state index in [4.69, 9.17) is 4.74 Å². The van der Waals surface area contributed by atoms with E-state index in [0.29, 0.717) is 12.1 Å². The first-order valence-corrected chi connectivity index (χ1v) is 10.4. The Morgan fingerprint density at radius 2 is 1.64 bits per heavy atom. The summed E-state index contributed by atoms with van der Waals surface area (Å²) in [5.41, 5.74) is 2.09. The van der Waals surface area contributed by atoms with E-state index >= 15 is 0 Å². The lowest BCUT2D eigenvalue weighted by atomic mass is 10.2. The zero-order valence-electron chi connectivity index (χ0n) is 15.9. The smallest absolute Gasteiger partial charge is 0.338 e. The van der Waals surface area contributed by atoms with E-state index in [1.165, 1.54) is 24.3 Å². The molecular formula is C20H24N2O5S. The van der Waals surface area contributed by atoms with Gasteiger partial charge in [-0.2, -0.15) is 0 Å². The largest absolute Gasteiger partial charge is 0.462 e. The van der Waals surface area contributed by atoms with Gasteiger partial charge in [-0.15, -0.1) is 0 Å². The third-order valence-electron chi connectivity index (χ3n) is 3.88. The Morgan fingerprint density at radius 1 is 1.00 bits per heavy atom. The minimum absolute atomic E-state index is 0.0460. The van der Waals surface area contributed by atoms with Crippen molar-refractivity contribution in [2.75, 3.05) is 18.5 Å². The van der Waals surface area contributed by atoms with Gasteiger partial charge in [-0.3, -0.25) is 4.79 Å². The number of anilines is 1. The number of rotatable bonds is 9. The molecule has 0 spiro atoms. The molecule has 0 atom stereocenters. The van der Waals surface area contributed by atoms with Gasteiger partial charge >= 0.3 is 5.97 Å². The van der Waals surface area contributed by atoms with Crippen LogP contribution in [0.2, 0.25) is 0 Å². The van der Waals surface area contributed by atoms with Crippen LogP contribution >= 0.6 is 0 Å². The molecule has 0 aromatic heterocycles. The van der Waals surface area contributed by atoms with Crippen molar-refractivity contribution in [3.63, 3.8) is 0 Å². The molecule has 0 aliphatic carbocycles. The Balaban J connectivity index is 1.80. The fraction of sp³-hybridized carbons (Fsp3) is 0.300. The highest BCUT2D eigenvalue weighted by Crippen LogP contribution is 2.12. The van der Waals surface area contributed by atoms with Gasteiger partial charge in [0.2, 0.25) is 15.9 Å². The molecule has 0 heterocycles. The topological polar surface area (TPSA) is 102 Å². The zero-order chi connectivity index (χ0) is 20.6. The highest BCUT2D eigenvalue weighted by Gasteiger charge is 2.15. The van der Waals surface area contributed by atoms with Gasteiger partial charge in [0, 0.05) is 18.7 Å². The van der Waals surface area contributed by atoms with Crippen LogP contribution in [0.5, 0.6) is 0 Å². The predicted molar refractivity (Wildman–Crippen MR) is 107 cm³/mol. The van der Waals surface area contributed by atoms with Crippen LogP contribution in [0, 0.1) is 6.92 Å². The summed E-state index contributed by atoms with van der Waals surface area (Å²) in [6.07, 6.45) is 0.552. The number of sulfonamides is 1. The molecule has 0 radical (unpaired) electrons. The van der Waals surface area contributed by atoms with Crippen molar-refractivity contribution in [2.45, 2.75) is 31.6 Å². The van der Waals surface area contributed by atoms with Gasteiger partial charge < -0.3 is 10.1 Å². The van der Waals surface area contributed by atoms with Gasteiger partial charge in [-0.25, -0.2) is 17.9 Å². The average Bonchev–Trinajstić information content (AvgIpc) is 2.67. The fourth-order valence-corrected chi connectivity index (χ4v) is 3.46. The molecule has 7 nitrogen and oxygen atoms in total. The fourth-order valence-electron chi connectivity index (χ4n) is 2.38. The Kier molecular flexibility index (Phi) is 7.71. The van der Waals surface area contributed by atoms with Gasteiger partial charge in [0.25, 0.3) is 0 Å². The number of benzene rings is 2. The molecule has 0 saturated carbocycles. The van der Waals surface area contributed by atoms with Crippen LogP contribution in [0.25, 0.3) is 0 Å². The molecular weight excluding hydrogens is 380 g/mol. The van der Waals surface area contributed by atoms with Crippen LogP contribution in [-0.4, -0.2) is 33.4 Å². The number of ether oxygens (including phenoxy) is 1. The second kappa shape index (κ2) is 10.0. The summed E-state index contributed by atoms with van der Waals surface area (Å²) in [6, 6.07) is 12.9. The molecule has 2 N–H and O–H groups in total. The Hall–Kier alpha value is -2.71. The lowest BCUT2D eigenvalue weighted by molar-refractivity contribution is -0.116. The lowest BCUT2D eigenvalue weighted by Crippen LogP contribution is -2.25. The molecule has 0 bridgehead atoms. The maximum Gasteiger partial charge on any atom is 0.338 e. The molecule has 2 aromatic carbocycles. The zero-order valence-corrected chi connectivity index (χ0v) is 16.7. The maximum absolute atomic E-state index is 12.3. The summed E-state index contributed by atoms with van der Waals surface area (Å²) in [4.78, 5) is 23.6. The summed E-state index contributed by atoms with van der Waals surface area (Å²) in [5, 5.41) is 2.77. The number of amides is 1. The summed E-state index contributed by atoms with van der Waals surface area (Å²) in [5.74, 6) is -0.680. The van der Waals surface area contributed by atoms with Gasteiger partial charge in [0.15, 0.2) is 0 Å². The SMILES string of the molecule is CCOC(=O)c1ccc(S(=O)(=O)NCCCC(=O)Nc2ccc(C)cc2)cc1. The Labute approximate surface area is 165 Å². The van der Waals surface area contributed by atoms with Crippen LogP contribution in [0.1, 0.15) is 35.7 Å². The van der Waals surface area contributed by atoms with E-state index < -0.39 is 16.0 Å². The molecule has 2 aromatic rings. The van der Waals surface area contributed by atoms with E-state index in [0.717, 1.165) is 5.56 Å². The van der Waals surface area contributed by atoms with Crippen LogP contribution in [0.3, 0.4) is 0 Å². The number of nitrogens with one attached hydrogen (secondary N) is 2. The standard InChI is InChI=1S/C20H24N2O5S/c1-3-27-20(24)16-8-12-18(13-9-16)28(25,26)21-14-4-5-19(23)22-17-10-6-15(2)7-11-17/h6-13,21H,3-5,14H2,1-2H3,(H,22,23). The van der Waals surface area contributed by atoms with E-state index in [1.807, 2.05) is 31.2 Å². The van der Waals surface area contributed by atoms with Crippen LogP contribution in [0.4, 0.5) is 5.69 Å². The second-order valence-electron chi connectivity index (χ2n) is 6.16. The van der Waals surface area contributed by atoms with Gasteiger partial charge in [0.05, 0.1) is 17.1 Å². The van der Waals surface area contributed by atoms with Crippen LogP contribution in [0.15, 0.2) is 53.4 Å². The molecule has 0 saturated heterocycles. The van der Waals surface area contributed by atoms with E-state index in [-0.39, 0.29) is 35.9 Å².